The summed E-state index contributed by atoms with van der Waals surface area (Å²) < 4.78 is 0.605. The van der Waals surface area contributed by atoms with Crippen LogP contribution in [-0.4, -0.2) is 21.9 Å². The Kier molecular flexibility index (Phi) is 3.02. The number of thioether (sulfide) groups is 2. The molecule has 2 rings (SSSR count). The fraction of sp³-hybridized carbons (Fsp3) is 0.889. The summed E-state index contributed by atoms with van der Waals surface area (Å²) in [5.41, 5.74) is 0. The molecule has 0 aromatic carbocycles. The van der Waals surface area contributed by atoms with Gasteiger partial charge in [-0.15, -0.1) is 23.5 Å². The normalized spacial score (nSPS) is 32.7. The van der Waals surface area contributed by atoms with Crippen molar-refractivity contribution in [2.24, 2.45) is 5.92 Å². The summed E-state index contributed by atoms with van der Waals surface area (Å²) in [6.07, 6.45) is 4.47. The first kappa shape index (κ1) is 8.95. The molecule has 1 unspecified atom stereocenters. The minimum absolute atomic E-state index is 0.403. The predicted octanol–water partition coefficient (Wildman–Crippen LogP) is 2.55. The van der Waals surface area contributed by atoms with Crippen molar-refractivity contribution in [1.29, 1.82) is 0 Å². The second-order valence-electron chi connectivity index (χ2n) is 3.43. The summed E-state index contributed by atoms with van der Waals surface area (Å²) in [4.78, 5) is 11.4. The minimum Gasteiger partial charge on any atom is -0.299 e. The van der Waals surface area contributed by atoms with Crippen molar-refractivity contribution in [2.75, 3.05) is 11.5 Å². The van der Waals surface area contributed by atoms with Crippen LogP contribution in [0.2, 0.25) is 0 Å². The van der Waals surface area contributed by atoms with E-state index in [-0.39, 0.29) is 0 Å². The lowest BCUT2D eigenvalue weighted by Gasteiger charge is -2.25. The van der Waals surface area contributed by atoms with E-state index in [0.29, 0.717) is 16.3 Å². The van der Waals surface area contributed by atoms with E-state index in [1.165, 1.54) is 17.9 Å². The van der Waals surface area contributed by atoms with Crippen molar-refractivity contribution in [1.82, 2.24) is 0 Å². The van der Waals surface area contributed by atoms with Crippen molar-refractivity contribution >= 4 is 29.3 Å². The molecule has 68 valence electrons. The first-order valence-electron chi connectivity index (χ1n) is 4.64. The largest absolute Gasteiger partial charge is 0.299 e. The summed E-state index contributed by atoms with van der Waals surface area (Å²) in [5.74, 6) is 3.46. The number of rotatable bonds is 1. The van der Waals surface area contributed by atoms with E-state index in [0.717, 1.165) is 19.3 Å². The highest BCUT2D eigenvalue weighted by Gasteiger charge is 2.33. The van der Waals surface area contributed by atoms with Gasteiger partial charge in [-0.2, -0.15) is 0 Å². The van der Waals surface area contributed by atoms with E-state index in [4.69, 9.17) is 0 Å². The molecule has 1 heterocycles. The Morgan fingerprint density at radius 2 is 1.92 bits per heavy atom. The predicted molar refractivity (Wildman–Crippen MR) is 55.7 cm³/mol. The van der Waals surface area contributed by atoms with E-state index < -0.39 is 0 Å². The van der Waals surface area contributed by atoms with Gasteiger partial charge in [0.1, 0.15) is 5.78 Å². The van der Waals surface area contributed by atoms with Gasteiger partial charge >= 0.3 is 0 Å². The third-order valence-corrected chi connectivity index (χ3v) is 5.71. The smallest absolute Gasteiger partial charge is 0.137 e. The summed E-state index contributed by atoms with van der Waals surface area (Å²) in [5, 5.41) is 0. The molecular weight excluding hydrogens is 188 g/mol. The maximum atomic E-state index is 11.4. The molecular formula is C9H14OS2. The first-order valence-corrected chi connectivity index (χ1v) is 6.73. The Hall–Kier alpha value is 0.370. The van der Waals surface area contributed by atoms with Gasteiger partial charge in [-0.3, -0.25) is 4.79 Å². The minimum atomic E-state index is 0.403. The highest BCUT2D eigenvalue weighted by atomic mass is 32.2. The lowest BCUT2D eigenvalue weighted by atomic mass is 10.1. The van der Waals surface area contributed by atoms with Gasteiger partial charge in [-0.1, -0.05) is 0 Å². The monoisotopic (exact) mass is 202 g/mol. The Morgan fingerprint density at radius 1 is 1.17 bits per heavy atom. The molecule has 3 heteroatoms. The molecule has 0 aromatic heterocycles. The number of carbonyl (C=O) groups excluding carboxylic acids is 1. The van der Waals surface area contributed by atoms with Crippen LogP contribution in [0.4, 0.5) is 0 Å². The quantitative estimate of drug-likeness (QED) is 0.650. The van der Waals surface area contributed by atoms with E-state index in [1.54, 1.807) is 0 Å². The van der Waals surface area contributed by atoms with E-state index in [1.807, 2.05) is 23.5 Å². The van der Waals surface area contributed by atoms with Gasteiger partial charge in [0.05, 0.1) is 4.58 Å². The third-order valence-electron chi connectivity index (χ3n) is 2.53. The zero-order valence-electron chi connectivity index (χ0n) is 7.12. The van der Waals surface area contributed by atoms with Crippen LogP contribution in [-0.2, 0) is 4.79 Å². The van der Waals surface area contributed by atoms with Crippen molar-refractivity contribution in [3.63, 3.8) is 0 Å². The van der Waals surface area contributed by atoms with Gasteiger partial charge in [-0.05, 0) is 30.8 Å². The lowest BCUT2D eigenvalue weighted by molar-refractivity contribution is -0.120. The van der Waals surface area contributed by atoms with Gasteiger partial charge in [-0.25, -0.2) is 0 Å². The molecule has 1 nitrogen and oxygen atoms in total. The van der Waals surface area contributed by atoms with Gasteiger partial charge in [0.15, 0.2) is 0 Å². The molecule has 1 aliphatic carbocycles. The number of hydrogen-bond donors (Lipinski definition) is 0. The van der Waals surface area contributed by atoms with Crippen molar-refractivity contribution < 1.29 is 4.79 Å². The van der Waals surface area contributed by atoms with Gasteiger partial charge < -0.3 is 0 Å². The summed E-state index contributed by atoms with van der Waals surface area (Å²) >= 11 is 4.01. The van der Waals surface area contributed by atoms with Crippen LogP contribution in [0.25, 0.3) is 0 Å². The summed E-state index contributed by atoms with van der Waals surface area (Å²) in [6, 6.07) is 0. The van der Waals surface area contributed by atoms with Gasteiger partial charge in [0.2, 0.25) is 0 Å². The fourth-order valence-electron chi connectivity index (χ4n) is 1.87. The van der Waals surface area contributed by atoms with Crippen LogP contribution in [0.3, 0.4) is 0 Å². The maximum Gasteiger partial charge on any atom is 0.137 e. The summed E-state index contributed by atoms with van der Waals surface area (Å²) in [6.45, 7) is 0. The van der Waals surface area contributed by atoms with E-state index in [9.17, 15) is 4.79 Å². The molecule has 1 saturated heterocycles. The molecule has 2 aliphatic rings. The third kappa shape index (κ3) is 1.82. The number of ketones is 1. The molecule has 1 aliphatic heterocycles. The Morgan fingerprint density at radius 3 is 2.50 bits per heavy atom. The van der Waals surface area contributed by atoms with E-state index in [2.05, 4.69) is 0 Å². The molecule has 0 radical (unpaired) electrons. The van der Waals surface area contributed by atoms with Crippen LogP contribution >= 0.6 is 23.5 Å². The Balaban J connectivity index is 1.93. The van der Waals surface area contributed by atoms with Crippen molar-refractivity contribution in [2.45, 2.75) is 30.3 Å². The molecule has 2 fully saturated rings. The average molecular weight is 202 g/mol. The van der Waals surface area contributed by atoms with Crippen LogP contribution in [0.1, 0.15) is 25.7 Å². The molecule has 0 spiro atoms. The zero-order chi connectivity index (χ0) is 8.39. The van der Waals surface area contributed by atoms with Crippen LogP contribution in [0, 0.1) is 5.92 Å². The molecule has 1 atom stereocenters. The zero-order valence-corrected chi connectivity index (χ0v) is 8.76. The maximum absolute atomic E-state index is 11.4. The SMILES string of the molecule is O=C1CCCC1C1SCCCS1. The highest BCUT2D eigenvalue weighted by Crippen LogP contribution is 2.41. The molecule has 0 amide bonds. The molecule has 1 saturated carbocycles. The second-order valence-corrected chi connectivity index (χ2v) is 6.23. The van der Waals surface area contributed by atoms with Crippen LogP contribution in [0.15, 0.2) is 0 Å². The standard InChI is InChI=1S/C9H14OS2/c10-8-4-1-3-7(8)9-11-5-2-6-12-9/h7,9H,1-6H2. The Bertz CT molecular complexity index is 175. The Labute approximate surface area is 82.1 Å². The van der Waals surface area contributed by atoms with Crippen LogP contribution < -0.4 is 0 Å². The average Bonchev–Trinajstić information content (AvgIpc) is 2.53. The second kappa shape index (κ2) is 4.05. The topological polar surface area (TPSA) is 17.1 Å². The number of hydrogen-bond acceptors (Lipinski definition) is 3. The fourth-order valence-corrected chi connectivity index (χ4v) is 5.14. The van der Waals surface area contributed by atoms with Crippen LogP contribution in [0.5, 0.6) is 0 Å². The first-order chi connectivity index (χ1) is 5.88. The molecule has 0 bridgehead atoms. The van der Waals surface area contributed by atoms with Gasteiger partial charge in [0, 0.05) is 12.3 Å². The number of carbonyl (C=O) groups is 1. The number of Topliss-reactive ketones (excluding diaryl/α,β-unsaturated/α-hetero) is 1. The molecule has 0 N–H and O–H groups in total. The molecule has 12 heavy (non-hydrogen) atoms. The van der Waals surface area contributed by atoms with Gasteiger partial charge in [0.25, 0.3) is 0 Å². The summed E-state index contributed by atoms with van der Waals surface area (Å²) in [7, 11) is 0. The molecule has 0 aromatic rings. The highest BCUT2D eigenvalue weighted by molar-refractivity contribution is 8.17. The lowest BCUT2D eigenvalue weighted by Crippen LogP contribution is -2.21. The van der Waals surface area contributed by atoms with Crippen molar-refractivity contribution in [3.05, 3.63) is 0 Å². The van der Waals surface area contributed by atoms with Crippen molar-refractivity contribution in [3.8, 4) is 0 Å². The van der Waals surface area contributed by atoms with E-state index >= 15 is 0 Å².